The third kappa shape index (κ3) is 5.02. The van der Waals surface area contributed by atoms with Gasteiger partial charge in [0.2, 0.25) is 5.91 Å². The van der Waals surface area contributed by atoms with Gasteiger partial charge in [0.25, 0.3) is 0 Å². The zero-order valence-corrected chi connectivity index (χ0v) is 10.1. The van der Waals surface area contributed by atoms with Crippen molar-refractivity contribution in [3.8, 4) is 0 Å². The van der Waals surface area contributed by atoms with Crippen LogP contribution in [0.15, 0.2) is 0 Å². The molecule has 0 saturated carbocycles. The number of halogens is 1. The summed E-state index contributed by atoms with van der Waals surface area (Å²) in [5.74, 6) is -0.858. The summed E-state index contributed by atoms with van der Waals surface area (Å²) in [5, 5.41) is 2.56. The quantitative estimate of drug-likeness (QED) is 0.558. The topological polar surface area (TPSA) is 55.4 Å². The summed E-state index contributed by atoms with van der Waals surface area (Å²) in [7, 11) is 0. The van der Waals surface area contributed by atoms with Gasteiger partial charge >= 0.3 is 5.97 Å². The number of hydrogen-bond donors (Lipinski definition) is 1. The molecule has 0 aliphatic rings. The number of rotatable bonds is 6. The first-order valence-electron chi connectivity index (χ1n) is 5.08. The molecule has 0 fully saturated rings. The Morgan fingerprint density at radius 3 is 2.40 bits per heavy atom. The lowest BCUT2D eigenvalue weighted by Gasteiger charge is -2.21. The van der Waals surface area contributed by atoms with E-state index in [4.69, 9.17) is 16.3 Å². The number of hydrogen-bond acceptors (Lipinski definition) is 3. The van der Waals surface area contributed by atoms with E-state index in [1.54, 1.807) is 6.92 Å². The highest BCUT2D eigenvalue weighted by Crippen LogP contribution is 2.09. The van der Waals surface area contributed by atoms with Crippen molar-refractivity contribution < 1.29 is 14.3 Å². The van der Waals surface area contributed by atoms with Gasteiger partial charge in [-0.15, -0.1) is 11.6 Å². The van der Waals surface area contributed by atoms with E-state index in [2.05, 4.69) is 5.32 Å². The minimum atomic E-state index is -0.596. The molecule has 0 aromatic heterocycles. The molecule has 0 saturated heterocycles. The molecule has 0 aromatic carbocycles. The minimum absolute atomic E-state index is 0.0382. The fourth-order valence-electron chi connectivity index (χ4n) is 1.11. The van der Waals surface area contributed by atoms with Gasteiger partial charge in [0.1, 0.15) is 11.9 Å². The van der Waals surface area contributed by atoms with E-state index >= 15 is 0 Å². The Morgan fingerprint density at radius 1 is 1.40 bits per heavy atom. The Bertz CT molecular complexity index is 221. The average Bonchev–Trinajstić information content (AvgIpc) is 2.24. The van der Waals surface area contributed by atoms with E-state index in [-0.39, 0.29) is 17.7 Å². The highest BCUT2D eigenvalue weighted by Gasteiger charge is 2.26. The van der Waals surface area contributed by atoms with Crippen molar-refractivity contribution in [2.45, 2.75) is 33.2 Å². The van der Waals surface area contributed by atoms with Gasteiger partial charge in [-0.3, -0.25) is 4.79 Å². The monoisotopic (exact) mass is 235 g/mol. The first-order valence-corrected chi connectivity index (χ1v) is 5.62. The Kier molecular flexibility index (Phi) is 7.13. The van der Waals surface area contributed by atoms with E-state index in [9.17, 15) is 9.59 Å². The number of carbonyl (C=O) groups is 2. The van der Waals surface area contributed by atoms with Crippen LogP contribution in [0.3, 0.4) is 0 Å². The Morgan fingerprint density at radius 2 is 2.00 bits per heavy atom. The van der Waals surface area contributed by atoms with Crippen molar-refractivity contribution in [1.29, 1.82) is 0 Å². The molecule has 88 valence electrons. The maximum absolute atomic E-state index is 11.5. The van der Waals surface area contributed by atoms with Crippen molar-refractivity contribution in [2.24, 2.45) is 5.92 Å². The largest absolute Gasteiger partial charge is 0.464 e. The van der Waals surface area contributed by atoms with Crippen molar-refractivity contribution >= 4 is 23.5 Å². The minimum Gasteiger partial charge on any atom is -0.464 e. The SMILES string of the molecule is CCOC(=O)C(NC(=O)CCl)C(C)CC. The molecular formula is C10H18ClNO3. The standard InChI is InChI=1S/C10H18ClNO3/c1-4-7(3)9(10(14)15-5-2)12-8(13)6-11/h7,9H,4-6H2,1-3H3,(H,12,13). The second-order valence-corrected chi connectivity index (χ2v) is 3.58. The van der Waals surface area contributed by atoms with Crippen LogP contribution in [0.25, 0.3) is 0 Å². The lowest BCUT2D eigenvalue weighted by Crippen LogP contribution is -2.46. The van der Waals surface area contributed by atoms with E-state index in [0.717, 1.165) is 6.42 Å². The van der Waals surface area contributed by atoms with Crippen LogP contribution in [-0.4, -0.2) is 30.4 Å². The number of esters is 1. The van der Waals surface area contributed by atoms with Crippen LogP contribution in [0.1, 0.15) is 27.2 Å². The van der Waals surface area contributed by atoms with Crippen LogP contribution < -0.4 is 5.32 Å². The van der Waals surface area contributed by atoms with Crippen molar-refractivity contribution in [3.05, 3.63) is 0 Å². The average molecular weight is 236 g/mol. The maximum Gasteiger partial charge on any atom is 0.328 e. The summed E-state index contributed by atoms with van der Waals surface area (Å²) in [5.41, 5.74) is 0. The predicted octanol–water partition coefficient (Wildman–Crippen LogP) is 1.32. The van der Waals surface area contributed by atoms with E-state index in [0.29, 0.717) is 6.61 Å². The van der Waals surface area contributed by atoms with Crippen LogP contribution in [-0.2, 0) is 14.3 Å². The fraction of sp³-hybridized carbons (Fsp3) is 0.800. The van der Waals surface area contributed by atoms with Crippen molar-refractivity contribution in [3.63, 3.8) is 0 Å². The molecule has 0 heterocycles. The summed E-state index contributed by atoms with van der Waals surface area (Å²) in [6.07, 6.45) is 0.784. The molecule has 0 aliphatic heterocycles. The number of nitrogens with one attached hydrogen (secondary N) is 1. The Balaban J connectivity index is 4.43. The third-order valence-electron chi connectivity index (χ3n) is 2.19. The Labute approximate surface area is 95.3 Å². The second-order valence-electron chi connectivity index (χ2n) is 3.32. The maximum atomic E-state index is 11.5. The fourth-order valence-corrected chi connectivity index (χ4v) is 1.19. The lowest BCUT2D eigenvalue weighted by atomic mass is 9.99. The highest BCUT2D eigenvalue weighted by molar-refractivity contribution is 6.27. The smallest absolute Gasteiger partial charge is 0.328 e. The molecule has 0 bridgehead atoms. The summed E-state index contributed by atoms with van der Waals surface area (Å²) in [4.78, 5) is 22.6. The molecule has 1 amide bonds. The molecule has 0 radical (unpaired) electrons. The van der Waals surface area contributed by atoms with Crippen LogP contribution in [0.4, 0.5) is 0 Å². The molecule has 0 aliphatic carbocycles. The van der Waals surface area contributed by atoms with Gasteiger partial charge in [0.05, 0.1) is 6.61 Å². The molecule has 0 spiro atoms. The predicted molar refractivity (Wildman–Crippen MR) is 58.7 cm³/mol. The number of carbonyl (C=O) groups excluding carboxylic acids is 2. The van der Waals surface area contributed by atoms with E-state index < -0.39 is 12.0 Å². The van der Waals surface area contributed by atoms with Gasteiger partial charge in [0.15, 0.2) is 0 Å². The van der Waals surface area contributed by atoms with Crippen molar-refractivity contribution in [2.75, 3.05) is 12.5 Å². The third-order valence-corrected chi connectivity index (χ3v) is 2.43. The molecule has 1 N–H and O–H groups in total. The Hall–Kier alpha value is -0.770. The first kappa shape index (κ1) is 14.2. The molecule has 15 heavy (non-hydrogen) atoms. The first-order chi connectivity index (χ1) is 7.06. The van der Waals surface area contributed by atoms with E-state index in [1.165, 1.54) is 0 Å². The van der Waals surface area contributed by atoms with Gasteiger partial charge in [-0.2, -0.15) is 0 Å². The molecular weight excluding hydrogens is 218 g/mol. The number of amides is 1. The zero-order valence-electron chi connectivity index (χ0n) is 9.38. The second kappa shape index (κ2) is 7.51. The molecule has 5 heteroatoms. The van der Waals surface area contributed by atoms with Crippen LogP contribution in [0.5, 0.6) is 0 Å². The summed E-state index contributed by atoms with van der Waals surface area (Å²) in [6, 6.07) is -0.596. The van der Waals surface area contributed by atoms with Gasteiger partial charge in [-0.25, -0.2) is 4.79 Å². The van der Waals surface area contributed by atoms with Crippen LogP contribution in [0, 0.1) is 5.92 Å². The number of alkyl halides is 1. The molecule has 2 unspecified atom stereocenters. The van der Waals surface area contributed by atoms with Gasteiger partial charge < -0.3 is 10.1 Å². The molecule has 0 rings (SSSR count). The molecule has 2 atom stereocenters. The normalized spacial score (nSPS) is 14.1. The zero-order chi connectivity index (χ0) is 11.8. The van der Waals surface area contributed by atoms with Gasteiger partial charge in [-0.1, -0.05) is 20.3 Å². The summed E-state index contributed by atoms with van der Waals surface area (Å²) in [6.45, 7) is 5.87. The van der Waals surface area contributed by atoms with Gasteiger partial charge in [-0.05, 0) is 12.8 Å². The van der Waals surface area contributed by atoms with Gasteiger partial charge in [0, 0.05) is 0 Å². The highest BCUT2D eigenvalue weighted by atomic mass is 35.5. The van der Waals surface area contributed by atoms with Crippen molar-refractivity contribution in [1.82, 2.24) is 5.32 Å². The van der Waals surface area contributed by atoms with E-state index in [1.807, 2.05) is 13.8 Å². The molecule has 4 nitrogen and oxygen atoms in total. The number of ether oxygens (including phenoxy) is 1. The van der Waals surface area contributed by atoms with Crippen LogP contribution in [0.2, 0.25) is 0 Å². The summed E-state index contributed by atoms with van der Waals surface area (Å²) < 4.78 is 4.88. The lowest BCUT2D eigenvalue weighted by molar-refractivity contribution is -0.148. The molecule has 0 aromatic rings. The summed E-state index contributed by atoms with van der Waals surface area (Å²) >= 11 is 5.36. The van der Waals surface area contributed by atoms with Crippen LogP contribution >= 0.6 is 11.6 Å².